The summed E-state index contributed by atoms with van der Waals surface area (Å²) in [5.74, 6) is -0.194. The van der Waals surface area contributed by atoms with E-state index >= 15 is 0 Å². The molecular weight excluding hydrogens is 225 g/mol. The minimum absolute atomic E-state index is 0.0472. The molecule has 0 fully saturated rings. The van der Waals surface area contributed by atoms with Crippen LogP contribution in [0.15, 0.2) is 42.5 Å². The third-order valence-corrected chi connectivity index (χ3v) is 3.21. The molecule has 0 bridgehead atoms. The van der Waals surface area contributed by atoms with Gasteiger partial charge in [-0.3, -0.25) is 0 Å². The minimum Gasteiger partial charge on any atom is -0.324 e. The van der Waals surface area contributed by atoms with Crippen LogP contribution in [0.2, 0.25) is 0 Å². The third kappa shape index (κ3) is 2.96. The van der Waals surface area contributed by atoms with Gasteiger partial charge >= 0.3 is 0 Å². The fourth-order valence-corrected chi connectivity index (χ4v) is 2.14. The van der Waals surface area contributed by atoms with E-state index in [1.807, 2.05) is 25.1 Å². The molecule has 0 heterocycles. The van der Waals surface area contributed by atoms with Crippen molar-refractivity contribution in [2.45, 2.75) is 26.3 Å². The van der Waals surface area contributed by atoms with Crippen LogP contribution in [0, 0.1) is 19.7 Å². The molecule has 0 aliphatic rings. The van der Waals surface area contributed by atoms with Crippen LogP contribution >= 0.6 is 0 Å². The van der Waals surface area contributed by atoms with Gasteiger partial charge in [0.1, 0.15) is 5.82 Å². The Balaban J connectivity index is 2.18. The lowest BCUT2D eigenvalue weighted by Gasteiger charge is -2.14. The van der Waals surface area contributed by atoms with Gasteiger partial charge in [0.25, 0.3) is 0 Å². The first-order chi connectivity index (χ1) is 8.56. The molecule has 0 saturated carbocycles. The van der Waals surface area contributed by atoms with E-state index in [1.165, 1.54) is 11.6 Å². The summed E-state index contributed by atoms with van der Waals surface area (Å²) in [7, 11) is 0. The average molecular weight is 243 g/mol. The van der Waals surface area contributed by atoms with Gasteiger partial charge in [0.05, 0.1) is 0 Å². The van der Waals surface area contributed by atoms with Crippen molar-refractivity contribution >= 4 is 0 Å². The number of benzene rings is 2. The average Bonchev–Trinajstić information content (AvgIpc) is 2.32. The number of rotatable bonds is 3. The largest absolute Gasteiger partial charge is 0.324 e. The summed E-state index contributed by atoms with van der Waals surface area (Å²) in [6.45, 7) is 3.97. The van der Waals surface area contributed by atoms with E-state index in [-0.39, 0.29) is 11.9 Å². The number of aryl methyl sites for hydroxylation is 2. The number of hydrogen-bond acceptors (Lipinski definition) is 1. The third-order valence-electron chi connectivity index (χ3n) is 3.21. The molecule has 18 heavy (non-hydrogen) atoms. The molecule has 94 valence electrons. The second kappa shape index (κ2) is 5.32. The Kier molecular flexibility index (Phi) is 3.78. The van der Waals surface area contributed by atoms with Gasteiger partial charge in [-0.15, -0.1) is 0 Å². The Hall–Kier alpha value is -1.67. The van der Waals surface area contributed by atoms with E-state index in [1.54, 1.807) is 6.07 Å². The van der Waals surface area contributed by atoms with Crippen molar-refractivity contribution in [1.82, 2.24) is 0 Å². The van der Waals surface area contributed by atoms with Crippen molar-refractivity contribution in [3.63, 3.8) is 0 Å². The smallest absolute Gasteiger partial charge is 0.123 e. The highest BCUT2D eigenvalue weighted by molar-refractivity contribution is 5.31. The van der Waals surface area contributed by atoms with Crippen molar-refractivity contribution in [2.24, 2.45) is 5.73 Å². The maximum atomic E-state index is 13.0. The number of halogens is 1. The van der Waals surface area contributed by atoms with Gasteiger partial charge in [-0.2, -0.15) is 0 Å². The Bertz CT molecular complexity index is 549. The molecule has 1 atom stereocenters. The predicted molar refractivity (Wildman–Crippen MR) is 72.9 cm³/mol. The van der Waals surface area contributed by atoms with E-state index < -0.39 is 0 Å². The molecule has 2 N–H and O–H groups in total. The van der Waals surface area contributed by atoms with Crippen LogP contribution in [0.3, 0.4) is 0 Å². The van der Waals surface area contributed by atoms with Crippen molar-refractivity contribution in [3.05, 3.63) is 70.5 Å². The summed E-state index contributed by atoms with van der Waals surface area (Å²) in [6, 6.07) is 13.0. The van der Waals surface area contributed by atoms with Gasteiger partial charge in [0, 0.05) is 6.04 Å². The first-order valence-corrected chi connectivity index (χ1v) is 6.13. The summed E-state index contributed by atoms with van der Waals surface area (Å²) < 4.78 is 13.0. The van der Waals surface area contributed by atoms with E-state index in [2.05, 4.69) is 19.1 Å². The number of nitrogens with two attached hydrogens (primary N) is 1. The molecule has 2 heteroatoms. The molecule has 0 spiro atoms. The van der Waals surface area contributed by atoms with E-state index in [9.17, 15) is 4.39 Å². The van der Waals surface area contributed by atoms with Crippen LogP contribution in [0.1, 0.15) is 28.3 Å². The molecule has 0 aliphatic carbocycles. The van der Waals surface area contributed by atoms with Crippen LogP contribution in [-0.4, -0.2) is 0 Å². The maximum absolute atomic E-state index is 13.0. The summed E-state index contributed by atoms with van der Waals surface area (Å²) in [5.41, 5.74) is 10.6. The van der Waals surface area contributed by atoms with Crippen molar-refractivity contribution in [3.8, 4) is 0 Å². The Morgan fingerprint density at radius 1 is 1.11 bits per heavy atom. The zero-order chi connectivity index (χ0) is 13.1. The fraction of sp³-hybridized carbons (Fsp3) is 0.250. The summed E-state index contributed by atoms with van der Waals surface area (Å²) in [5, 5.41) is 0. The zero-order valence-corrected chi connectivity index (χ0v) is 10.8. The highest BCUT2D eigenvalue weighted by Crippen LogP contribution is 2.20. The van der Waals surface area contributed by atoms with Gasteiger partial charge in [-0.25, -0.2) is 4.39 Å². The van der Waals surface area contributed by atoms with Gasteiger partial charge < -0.3 is 5.73 Å². The summed E-state index contributed by atoms with van der Waals surface area (Å²) in [6.07, 6.45) is 0.732. The predicted octanol–water partition coefficient (Wildman–Crippen LogP) is 3.69. The van der Waals surface area contributed by atoms with Gasteiger partial charge in [-0.05, 0) is 49.1 Å². The van der Waals surface area contributed by atoms with Crippen molar-refractivity contribution in [1.29, 1.82) is 0 Å². The zero-order valence-electron chi connectivity index (χ0n) is 10.8. The van der Waals surface area contributed by atoms with Crippen molar-refractivity contribution in [2.75, 3.05) is 0 Å². The fourth-order valence-electron chi connectivity index (χ4n) is 2.14. The second-order valence-corrected chi connectivity index (χ2v) is 4.80. The maximum Gasteiger partial charge on any atom is 0.123 e. The molecule has 0 aromatic heterocycles. The molecule has 2 aromatic rings. The highest BCUT2D eigenvalue weighted by Gasteiger charge is 2.09. The Morgan fingerprint density at radius 3 is 2.56 bits per heavy atom. The summed E-state index contributed by atoms with van der Waals surface area (Å²) >= 11 is 0. The topological polar surface area (TPSA) is 26.0 Å². The van der Waals surface area contributed by atoms with Crippen LogP contribution in [0.25, 0.3) is 0 Å². The van der Waals surface area contributed by atoms with Gasteiger partial charge in [0.2, 0.25) is 0 Å². The molecule has 2 aromatic carbocycles. The Morgan fingerprint density at radius 2 is 1.89 bits per heavy atom. The Labute approximate surface area is 107 Å². The minimum atomic E-state index is -0.194. The summed E-state index contributed by atoms with van der Waals surface area (Å²) in [4.78, 5) is 0. The first kappa shape index (κ1) is 12.8. The molecule has 2 rings (SSSR count). The van der Waals surface area contributed by atoms with Crippen LogP contribution in [0.5, 0.6) is 0 Å². The van der Waals surface area contributed by atoms with E-state index in [0.29, 0.717) is 0 Å². The quantitative estimate of drug-likeness (QED) is 0.874. The van der Waals surface area contributed by atoms with Gasteiger partial charge in [-0.1, -0.05) is 35.9 Å². The molecule has 0 aliphatic heterocycles. The van der Waals surface area contributed by atoms with E-state index in [4.69, 9.17) is 5.73 Å². The lowest BCUT2D eigenvalue weighted by atomic mass is 9.96. The lowest BCUT2D eigenvalue weighted by Crippen LogP contribution is -2.14. The highest BCUT2D eigenvalue weighted by atomic mass is 19.1. The standard InChI is InChI=1S/C16H18FN/c1-11-4-3-5-14(8-11)16(18)10-13-6-7-15(17)9-12(13)2/h3-9,16H,10,18H2,1-2H3. The molecule has 1 unspecified atom stereocenters. The first-order valence-electron chi connectivity index (χ1n) is 6.13. The SMILES string of the molecule is Cc1cccc(C(N)Cc2ccc(F)cc2C)c1. The molecule has 0 radical (unpaired) electrons. The monoisotopic (exact) mass is 243 g/mol. The van der Waals surface area contributed by atoms with Crippen LogP contribution in [0.4, 0.5) is 4.39 Å². The molecule has 0 saturated heterocycles. The van der Waals surface area contributed by atoms with Crippen molar-refractivity contribution < 1.29 is 4.39 Å². The second-order valence-electron chi connectivity index (χ2n) is 4.80. The number of hydrogen-bond donors (Lipinski definition) is 1. The van der Waals surface area contributed by atoms with Gasteiger partial charge in [0.15, 0.2) is 0 Å². The van der Waals surface area contributed by atoms with Crippen LogP contribution < -0.4 is 5.73 Å². The van der Waals surface area contributed by atoms with Crippen LogP contribution in [-0.2, 0) is 6.42 Å². The molecule has 0 amide bonds. The lowest BCUT2D eigenvalue weighted by molar-refractivity contribution is 0.624. The molecule has 1 nitrogen and oxygen atoms in total. The van der Waals surface area contributed by atoms with E-state index in [0.717, 1.165) is 23.1 Å². The molecular formula is C16H18FN. The normalized spacial score (nSPS) is 12.4.